The quantitative estimate of drug-likeness (QED) is 0.827. The van der Waals surface area contributed by atoms with Crippen LogP contribution >= 0.6 is 0 Å². The SMILES string of the molecule is CCCC1CCC(N)C(S(=O)(=O)C(C)CC)C1. The van der Waals surface area contributed by atoms with Crippen LogP contribution < -0.4 is 5.73 Å². The molecule has 2 N–H and O–H groups in total. The maximum Gasteiger partial charge on any atom is 0.157 e. The Hall–Kier alpha value is -0.0900. The topological polar surface area (TPSA) is 60.2 Å². The van der Waals surface area contributed by atoms with Gasteiger partial charge in [0.15, 0.2) is 9.84 Å². The molecule has 0 bridgehead atoms. The van der Waals surface area contributed by atoms with Gasteiger partial charge in [-0.05, 0) is 38.5 Å². The second kappa shape index (κ2) is 6.19. The minimum absolute atomic E-state index is 0.151. The standard InChI is InChI=1S/C13H27NO2S/c1-4-6-11-7-8-12(14)13(9-11)17(15,16)10(3)5-2/h10-13H,4-9,14H2,1-3H3. The van der Waals surface area contributed by atoms with Crippen LogP contribution in [0.5, 0.6) is 0 Å². The van der Waals surface area contributed by atoms with Gasteiger partial charge in [-0.3, -0.25) is 0 Å². The summed E-state index contributed by atoms with van der Waals surface area (Å²) in [6.45, 7) is 5.90. The van der Waals surface area contributed by atoms with E-state index in [-0.39, 0.29) is 16.5 Å². The van der Waals surface area contributed by atoms with E-state index in [9.17, 15) is 8.42 Å². The molecule has 0 heterocycles. The second-order valence-electron chi connectivity index (χ2n) is 5.48. The molecule has 1 aliphatic carbocycles. The van der Waals surface area contributed by atoms with Crippen molar-refractivity contribution in [2.24, 2.45) is 11.7 Å². The molecule has 0 radical (unpaired) electrons. The fourth-order valence-corrected chi connectivity index (χ4v) is 5.04. The van der Waals surface area contributed by atoms with Crippen molar-refractivity contribution in [2.75, 3.05) is 0 Å². The first-order valence-corrected chi connectivity index (χ1v) is 8.52. The summed E-state index contributed by atoms with van der Waals surface area (Å²) in [6, 6.07) is -0.151. The van der Waals surface area contributed by atoms with Crippen molar-refractivity contribution >= 4 is 9.84 Å². The summed E-state index contributed by atoms with van der Waals surface area (Å²) in [5, 5.41) is -0.554. The Balaban J connectivity index is 2.79. The number of hydrogen-bond donors (Lipinski definition) is 1. The average molecular weight is 261 g/mol. The van der Waals surface area contributed by atoms with Crippen LogP contribution in [0.4, 0.5) is 0 Å². The molecule has 1 fully saturated rings. The zero-order chi connectivity index (χ0) is 13.1. The van der Waals surface area contributed by atoms with Gasteiger partial charge in [0.25, 0.3) is 0 Å². The predicted octanol–water partition coefficient (Wildman–Crippen LogP) is 2.50. The third kappa shape index (κ3) is 3.44. The molecule has 17 heavy (non-hydrogen) atoms. The predicted molar refractivity (Wildman–Crippen MR) is 72.7 cm³/mol. The summed E-state index contributed by atoms with van der Waals surface area (Å²) in [5.41, 5.74) is 6.04. The van der Waals surface area contributed by atoms with E-state index < -0.39 is 9.84 Å². The van der Waals surface area contributed by atoms with E-state index in [1.54, 1.807) is 0 Å². The molecule has 4 atom stereocenters. The van der Waals surface area contributed by atoms with Crippen molar-refractivity contribution in [1.82, 2.24) is 0 Å². The molecule has 1 saturated carbocycles. The van der Waals surface area contributed by atoms with Crippen LogP contribution in [0.1, 0.15) is 59.3 Å². The molecule has 0 aliphatic heterocycles. The van der Waals surface area contributed by atoms with E-state index in [0.717, 1.165) is 32.1 Å². The van der Waals surface area contributed by atoms with E-state index in [1.807, 2.05) is 13.8 Å². The highest BCUT2D eigenvalue weighted by Crippen LogP contribution is 2.32. The molecule has 0 aromatic heterocycles. The van der Waals surface area contributed by atoms with Gasteiger partial charge < -0.3 is 5.73 Å². The van der Waals surface area contributed by atoms with Gasteiger partial charge in [0.2, 0.25) is 0 Å². The van der Waals surface area contributed by atoms with Crippen LogP contribution in [0.25, 0.3) is 0 Å². The molecule has 0 aromatic rings. The largest absolute Gasteiger partial charge is 0.327 e. The molecule has 4 heteroatoms. The minimum Gasteiger partial charge on any atom is -0.327 e. The lowest BCUT2D eigenvalue weighted by atomic mass is 9.83. The number of hydrogen-bond acceptors (Lipinski definition) is 3. The second-order valence-corrected chi connectivity index (χ2v) is 8.07. The minimum atomic E-state index is -3.04. The van der Waals surface area contributed by atoms with E-state index >= 15 is 0 Å². The van der Waals surface area contributed by atoms with Gasteiger partial charge in [0, 0.05) is 6.04 Å². The van der Waals surface area contributed by atoms with Gasteiger partial charge in [-0.25, -0.2) is 8.42 Å². The normalized spacial score (nSPS) is 32.4. The molecule has 3 nitrogen and oxygen atoms in total. The first-order chi connectivity index (χ1) is 7.93. The Morgan fingerprint density at radius 2 is 1.94 bits per heavy atom. The maximum atomic E-state index is 12.4. The third-order valence-electron chi connectivity index (χ3n) is 4.21. The number of sulfone groups is 1. The monoisotopic (exact) mass is 261 g/mol. The van der Waals surface area contributed by atoms with Gasteiger partial charge in [0.05, 0.1) is 10.5 Å². The molecular weight excluding hydrogens is 234 g/mol. The van der Waals surface area contributed by atoms with Crippen LogP contribution in [0.2, 0.25) is 0 Å². The summed E-state index contributed by atoms with van der Waals surface area (Å²) in [5.74, 6) is 0.559. The lowest BCUT2D eigenvalue weighted by molar-refractivity contribution is 0.308. The smallest absolute Gasteiger partial charge is 0.157 e. The van der Waals surface area contributed by atoms with Gasteiger partial charge >= 0.3 is 0 Å². The lowest BCUT2D eigenvalue weighted by Gasteiger charge is -2.35. The summed E-state index contributed by atoms with van der Waals surface area (Å²) in [4.78, 5) is 0. The molecule has 0 aromatic carbocycles. The summed E-state index contributed by atoms with van der Waals surface area (Å²) in [6.07, 6.45) is 5.70. The average Bonchev–Trinajstić information content (AvgIpc) is 2.30. The van der Waals surface area contributed by atoms with Crippen LogP contribution in [-0.2, 0) is 9.84 Å². The van der Waals surface area contributed by atoms with Crippen molar-refractivity contribution in [2.45, 2.75) is 75.8 Å². The van der Waals surface area contributed by atoms with Crippen LogP contribution in [0.3, 0.4) is 0 Å². The van der Waals surface area contributed by atoms with E-state index in [1.165, 1.54) is 0 Å². The van der Waals surface area contributed by atoms with Crippen molar-refractivity contribution in [3.05, 3.63) is 0 Å². The molecule has 1 aliphatic rings. The first-order valence-electron chi connectivity index (χ1n) is 6.91. The molecule has 1 rings (SSSR count). The van der Waals surface area contributed by atoms with Gasteiger partial charge in [-0.2, -0.15) is 0 Å². The van der Waals surface area contributed by atoms with E-state index in [0.29, 0.717) is 12.3 Å². The third-order valence-corrected chi connectivity index (χ3v) is 7.05. The molecule has 0 spiro atoms. The maximum absolute atomic E-state index is 12.4. The van der Waals surface area contributed by atoms with E-state index in [2.05, 4.69) is 6.92 Å². The zero-order valence-corrected chi connectivity index (χ0v) is 12.2. The summed E-state index contributed by atoms with van der Waals surface area (Å²) in [7, 11) is -3.04. The van der Waals surface area contributed by atoms with Crippen molar-refractivity contribution in [1.29, 1.82) is 0 Å². The first kappa shape index (κ1) is 15.0. The van der Waals surface area contributed by atoms with E-state index in [4.69, 9.17) is 5.73 Å². The van der Waals surface area contributed by atoms with Crippen LogP contribution in [-0.4, -0.2) is 25.0 Å². The van der Waals surface area contributed by atoms with Crippen LogP contribution in [0, 0.1) is 5.92 Å². The molecular formula is C13H27NO2S. The highest BCUT2D eigenvalue weighted by Gasteiger charge is 2.38. The number of nitrogens with two attached hydrogens (primary N) is 1. The van der Waals surface area contributed by atoms with Gasteiger partial charge in [-0.1, -0.05) is 26.7 Å². The van der Waals surface area contributed by atoms with Gasteiger partial charge in [-0.15, -0.1) is 0 Å². The fraction of sp³-hybridized carbons (Fsp3) is 1.00. The Kier molecular flexibility index (Phi) is 5.45. The Morgan fingerprint density at radius 3 is 2.47 bits per heavy atom. The summed E-state index contributed by atoms with van der Waals surface area (Å²) < 4.78 is 24.8. The van der Waals surface area contributed by atoms with Crippen LogP contribution in [0.15, 0.2) is 0 Å². The van der Waals surface area contributed by atoms with Crippen molar-refractivity contribution < 1.29 is 8.42 Å². The highest BCUT2D eigenvalue weighted by molar-refractivity contribution is 7.92. The Morgan fingerprint density at radius 1 is 1.29 bits per heavy atom. The fourth-order valence-electron chi connectivity index (χ4n) is 2.81. The van der Waals surface area contributed by atoms with Crippen molar-refractivity contribution in [3.63, 3.8) is 0 Å². The zero-order valence-electron chi connectivity index (χ0n) is 11.4. The summed E-state index contributed by atoms with van der Waals surface area (Å²) >= 11 is 0. The molecule has 0 amide bonds. The Labute approximate surface area is 106 Å². The lowest BCUT2D eigenvalue weighted by Crippen LogP contribution is -2.47. The van der Waals surface area contributed by atoms with Gasteiger partial charge in [0.1, 0.15) is 0 Å². The molecule has 102 valence electrons. The highest BCUT2D eigenvalue weighted by atomic mass is 32.2. The van der Waals surface area contributed by atoms with Crippen molar-refractivity contribution in [3.8, 4) is 0 Å². The number of rotatable bonds is 5. The molecule has 0 saturated heterocycles. The molecule has 4 unspecified atom stereocenters. The Bertz CT molecular complexity index is 326.